The number of amides is 2. The van der Waals surface area contributed by atoms with Crippen molar-refractivity contribution in [2.24, 2.45) is 5.92 Å². The molecule has 2 N–H and O–H groups in total. The highest BCUT2D eigenvalue weighted by molar-refractivity contribution is 5.92. The number of benzene rings is 1. The van der Waals surface area contributed by atoms with Crippen molar-refractivity contribution in [1.82, 2.24) is 10.2 Å². The van der Waals surface area contributed by atoms with E-state index in [1.807, 2.05) is 43.1 Å². The van der Waals surface area contributed by atoms with Crippen LogP contribution >= 0.6 is 0 Å². The monoisotopic (exact) mass is 317 g/mol. The molecular formula is C18H27N3O2. The van der Waals surface area contributed by atoms with Crippen molar-refractivity contribution in [1.29, 1.82) is 0 Å². The molecule has 0 aromatic heterocycles. The highest BCUT2D eigenvalue weighted by atomic mass is 16.2. The van der Waals surface area contributed by atoms with Gasteiger partial charge >= 0.3 is 0 Å². The van der Waals surface area contributed by atoms with Crippen molar-refractivity contribution < 1.29 is 9.59 Å². The van der Waals surface area contributed by atoms with Gasteiger partial charge in [-0.3, -0.25) is 9.59 Å². The molecule has 2 rings (SSSR count). The minimum absolute atomic E-state index is 0.0105. The predicted molar refractivity (Wildman–Crippen MR) is 92.3 cm³/mol. The zero-order chi connectivity index (χ0) is 16.7. The maximum Gasteiger partial charge on any atom is 0.228 e. The van der Waals surface area contributed by atoms with Crippen LogP contribution in [0.5, 0.6) is 0 Å². The summed E-state index contributed by atoms with van der Waals surface area (Å²) in [5, 5.41) is 5.91. The molecule has 1 atom stereocenters. The van der Waals surface area contributed by atoms with Crippen LogP contribution in [0.4, 0.5) is 5.69 Å². The van der Waals surface area contributed by atoms with Crippen LogP contribution in [0, 0.1) is 5.92 Å². The summed E-state index contributed by atoms with van der Waals surface area (Å²) in [5.74, 6) is 0.190. The summed E-state index contributed by atoms with van der Waals surface area (Å²) in [6.07, 6.45) is 3.57. The number of aryl methyl sites for hydroxylation is 1. The van der Waals surface area contributed by atoms with Gasteiger partial charge in [-0.25, -0.2) is 0 Å². The van der Waals surface area contributed by atoms with Gasteiger partial charge in [0.25, 0.3) is 0 Å². The minimum Gasteiger partial charge on any atom is -0.343 e. The summed E-state index contributed by atoms with van der Waals surface area (Å²) in [5.41, 5.74) is 1.92. The lowest BCUT2D eigenvalue weighted by molar-refractivity contribution is -0.130. The Hall–Kier alpha value is -1.88. The smallest absolute Gasteiger partial charge is 0.228 e. The standard InChI is InChI=1S/C18H27N3O2/c1-14(13-19-2)18(23)20-16-8-5-15(6-9-16)7-10-17(22)21-11-3-4-12-21/h5-6,8-9,14,19H,3-4,7,10-13H2,1-2H3,(H,20,23). The summed E-state index contributed by atoms with van der Waals surface area (Å²) < 4.78 is 0. The molecule has 1 aromatic carbocycles. The molecule has 0 aliphatic carbocycles. The highest BCUT2D eigenvalue weighted by Gasteiger charge is 2.17. The first kappa shape index (κ1) is 17.5. The Balaban J connectivity index is 1.79. The molecular weight excluding hydrogens is 290 g/mol. The van der Waals surface area contributed by atoms with Crippen molar-refractivity contribution in [2.75, 3.05) is 32.0 Å². The van der Waals surface area contributed by atoms with E-state index >= 15 is 0 Å². The molecule has 0 bridgehead atoms. The van der Waals surface area contributed by atoms with E-state index in [9.17, 15) is 9.59 Å². The van der Waals surface area contributed by atoms with E-state index in [4.69, 9.17) is 0 Å². The Morgan fingerprint density at radius 2 is 1.83 bits per heavy atom. The molecule has 1 heterocycles. The molecule has 23 heavy (non-hydrogen) atoms. The number of nitrogens with one attached hydrogen (secondary N) is 2. The fraction of sp³-hybridized carbons (Fsp3) is 0.556. The van der Waals surface area contributed by atoms with Crippen molar-refractivity contribution in [3.8, 4) is 0 Å². The largest absolute Gasteiger partial charge is 0.343 e. The first-order chi connectivity index (χ1) is 11.1. The third kappa shape index (κ3) is 5.36. The Kier molecular flexibility index (Phi) is 6.59. The van der Waals surface area contributed by atoms with Crippen LogP contribution in [-0.4, -0.2) is 43.4 Å². The van der Waals surface area contributed by atoms with E-state index in [1.165, 1.54) is 0 Å². The SMILES string of the molecule is CNCC(C)C(=O)Nc1ccc(CCC(=O)N2CCCC2)cc1. The molecule has 1 aliphatic rings. The molecule has 2 amide bonds. The maximum atomic E-state index is 12.0. The molecule has 1 aromatic rings. The first-order valence-electron chi connectivity index (χ1n) is 8.42. The highest BCUT2D eigenvalue weighted by Crippen LogP contribution is 2.14. The number of nitrogens with zero attached hydrogens (tertiary/aromatic N) is 1. The number of carbonyl (C=O) groups excluding carboxylic acids is 2. The van der Waals surface area contributed by atoms with Crippen LogP contribution in [0.2, 0.25) is 0 Å². The fourth-order valence-electron chi connectivity index (χ4n) is 2.80. The molecule has 5 nitrogen and oxygen atoms in total. The van der Waals surface area contributed by atoms with Gasteiger partial charge < -0.3 is 15.5 Å². The number of anilines is 1. The molecule has 1 saturated heterocycles. The summed E-state index contributed by atoms with van der Waals surface area (Å²) in [6.45, 7) is 4.37. The number of hydrogen-bond donors (Lipinski definition) is 2. The normalized spacial score (nSPS) is 15.5. The number of carbonyl (C=O) groups is 2. The van der Waals surface area contributed by atoms with Crippen LogP contribution in [0.25, 0.3) is 0 Å². The third-order valence-electron chi connectivity index (χ3n) is 4.27. The molecule has 1 aliphatic heterocycles. The van der Waals surface area contributed by atoms with Crippen LogP contribution in [0.3, 0.4) is 0 Å². The van der Waals surface area contributed by atoms with Crippen LogP contribution < -0.4 is 10.6 Å². The van der Waals surface area contributed by atoms with Gasteiger partial charge in [0.2, 0.25) is 11.8 Å². The van der Waals surface area contributed by atoms with E-state index in [-0.39, 0.29) is 17.7 Å². The second-order valence-electron chi connectivity index (χ2n) is 6.23. The van der Waals surface area contributed by atoms with E-state index < -0.39 is 0 Å². The van der Waals surface area contributed by atoms with Crippen LogP contribution in [0.15, 0.2) is 24.3 Å². The molecule has 126 valence electrons. The van der Waals surface area contributed by atoms with Crippen molar-refractivity contribution in [3.63, 3.8) is 0 Å². The molecule has 1 fully saturated rings. The van der Waals surface area contributed by atoms with Gasteiger partial charge in [0, 0.05) is 37.7 Å². The zero-order valence-corrected chi connectivity index (χ0v) is 14.1. The molecule has 0 spiro atoms. The van der Waals surface area contributed by atoms with E-state index in [1.54, 1.807) is 0 Å². The molecule has 5 heteroatoms. The average molecular weight is 317 g/mol. The minimum atomic E-state index is -0.0715. The van der Waals surface area contributed by atoms with Gasteiger partial charge in [0.15, 0.2) is 0 Å². The Morgan fingerprint density at radius 3 is 2.43 bits per heavy atom. The number of rotatable bonds is 7. The van der Waals surface area contributed by atoms with Crippen molar-refractivity contribution >= 4 is 17.5 Å². The number of hydrogen-bond acceptors (Lipinski definition) is 3. The van der Waals surface area contributed by atoms with Gasteiger partial charge in [0.05, 0.1) is 0 Å². The lowest BCUT2D eigenvalue weighted by Gasteiger charge is -2.15. The second-order valence-corrected chi connectivity index (χ2v) is 6.23. The zero-order valence-electron chi connectivity index (χ0n) is 14.1. The average Bonchev–Trinajstić information content (AvgIpc) is 3.08. The van der Waals surface area contributed by atoms with Gasteiger partial charge in [-0.2, -0.15) is 0 Å². The molecule has 1 unspecified atom stereocenters. The maximum absolute atomic E-state index is 12.0. The van der Waals surface area contributed by atoms with Crippen LogP contribution in [0.1, 0.15) is 31.7 Å². The van der Waals surface area contributed by atoms with E-state index in [0.717, 1.165) is 43.6 Å². The van der Waals surface area contributed by atoms with Crippen LogP contribution in [-0.2, 0) is 16.0 Å². The van der Waals surface area contributed by atoms with E-state index in [2.05, 4.69) is 10.6 Å². The van der Waals surface area contributed by atoms with Gasteiger partial charge in [0.1, 0.15) is 0 Å². The Labute approximate surface area is 138 Å². The van der Waals surface area contributed by atoms with Gasteiger partial charge in [-0.05, 0) is 44.0 Å². The lowest BCUT2D eigenvalue weighted by Crippen LogP contribution is -2.28. The third-order valence-corrected chi connectivity index (χ3v) is 4.27. The predicted octanol–water partition coefficient (Wildman–Crippen LogP) is 2.04. The lowest BCUT2D eigenvalue weighted by atomic mass is 10.1. The van der Waals surface area contributed by atoms with Gasteiger partial charge in [-0.15, -0.1) is 0 Å². The van der Waals surface area contributed by atoms with Crippen molar-refractivity contribution in [2.45, 2.75) is 32.6 Å². The first-order valence-corrected chi connectivity index (χ1v) is 8.42. The summed E-state index contributed by atoms with van der Waals surface area (Å²) >= 11 is 0. The fourth-order valence-corrected chi connectivity index (χ4v) is 2.80. The topological polar surface area (TPSA) is 61.4 Å². The molecule has 0 radical (unpaired) electrons. The van der Waals surface area contributed by atoms with Gasteiger partial charge in [-0.1, -0.05) is 19.1 Å². The Morgan fingerprint density at radius 1 is 1.17 bits per heavy atom. The Bertz CT molecular complexity index is 522. The second kappa shape index (κ2) is 8.67. The summed E-state index contributed by atoms with van der Waals surface area (Å²) in [7, 11) is 1.84. The van der Waals surface area contributed by atoms with Crippen molar-refractivity contribution in [3.05, 3.63) is 29.8 Å². The number of likely N-dealkylation sites (tertiary alicyclic amines) is 1. The van der Waals surface area contributed by atoms with E-state index in [0.29, 0.717) is 13.0 Å². The quantitative estimate of drug-likeness (QED) is 0.809. The molecule has 0 saturated carbocycles. The summed E-state index contributed by atoms with van der Waals surface area (Å²) in [6, 6.07) is 7.77. The summed E-state index contributed by atoms with van der Waals surface area (Å²) in [4.78, 5) is 25.9.